The molecular formula is C30H33N2O5P. The van der Waals surface area contributed by atoms with Gasteiger partial charge in [-0.1, -0.05) is 72.8 Å². The predicted molar refractivity (Wildman–Crippen MR) is 152 cm³/mol. The summed E-state index contributed by atoms with van der Waals surface area (Å²) in [7, 11) is -2.95. The zero-order chi connectivity index (χ0) is 26.8. The summed E-state index contributed by atoms with van der Waals surface area (Å²) in [6.45, 7) is 1.17. The van der Waals surface area contributed by atoms with Crippen LogP contribution in [0.15, 0.2) is 103 Å². The van der Waals surface area contributed by atoms with Crippen LogP contribution in [0.25, 0.3) is 0 Å². The van der Waals surface area contributed by atoms with Crippen LogP contribution in [0.2, 0.25) is 0 Å². The largest absolute Gasteiger partial charge is 0.506 e. The van der Waals surface area contributed by atoms with Crippen molar-refractivity contribution in [2.24, 2.45) is 0 Å². The Balaban J connectivity index is 1.23. The standard InChI is InChI=1S/C30H33N2O5P/c31-29-19-26(15-16-30(29)34)36-21-24(33)20-32-18-17-23-11-13-25(14-12-23)37-22-38(35,27-7-3-1-4-8-27)28-9-5-2-6-10-28/h1-16,19,24,32-34H,17-18,20-22,31H2/t24-/m0/s1. The van der Waals surface area contributed by atoms with Crippen molar-refractivity contribution in [3.63, 3.8) is 0 Å². The number of rotatable bonds is 13. The lowest BCUT2D eigenvalue weighted by atomic mass is 10.1. The molecule has 0 saturated carbocycles. The summed E-state index contributed by atoms with van der Waals surface area (Å²) in [6.07, 6.45) is 0.166. The maximum absolute atomic E-state index is 14.1. The van der Waals surface area contributed by atoms with Gasteiger partial charge in [0.1, 0.15) is 36.3 Å². The second-order valence-corrected chi connectivity index (χ2v) is 11.7. The number of phenols is 1. The molecule has 0 radical (unpaired) electrons. The number of hydrogen-bond donors (Lipinski definition) is 4. The molecule has 0 aliphatic rings. The molecule has 7 nitrogen and oxygen atoms in total. The minimum atomic E-state index is -2.95. The van der Waals surface area contributed by atoms with Crippen LogP contribution in [0, 0.1) is 0 Å². The molecule has 0 spiro atoms. The fourth-order valence-corrected chi connectivity index (χ4v) is 6.16. The number of aromatic hydroxyl groups is 1. The van der Waals surface area contributed by atoms with Crippen LogP contribution < -0.4 is 31.1 Å². The van der Waals surface area contributed by atoms with Crippen molar-refractivity contribution in [2.75, 3.05) is 31.8 Å². The number of benzene rings is 4. The summed E-state index contributed by atoms with van der Waals surface area (Å²) in [4.78, 5) is 0. The van der Waals surface area contributed by atoms with E-state index in [4.69, 9.17) is 15.2 Å². The molecule has 8 heteroatoms. The van der Waals surface area contributed by atoms with Crippen LogP contribution in [0.3, 0.4) is 0 Å². The molecule has 0 aliphatic carbocycles. The highest BCUT2D eigenvalue weighted by Gasteiger charge is 2.28. The topological polar surface area (TPSA) is 114 Å². The van der Waals surface area contributed by atoms with Gasteiger partial charge in [0.05, 0.1) is 5.69 Å². The monoisotopic (exact) mass is 532 g/mol. The first kappa shape index (κ1) is 27.3. The minimum Gasteiger partial charge on any atom is -0.506 e. The van der Waals surface area contributed by atoms with Gasteiger partial charge in [-0.2, -0.15) is 0 Å². The van der Waals surface area contributed by atoms with E-state index in [9.17, 15) is 14.8 Å². The van der Waals surface area contributed by atoms with Crippen molar-refractivity contribution in [1.29, 1.82) is 0 Å². The van der Waals surface area contributed by atoms with Crippen LogP contribution in [-0.4, -0.2) is 42.4 Å². The van der Waals surface area contributed by atoms with Gasteiger partial charge in [-0.05, 0) is 42.8 Å². The molecular weight excluding hydrogens is 499 g/mol. The van der Waals surface area contributed by atoms with E-state index < -0.39 is 13.2 Å². The summed E-state index contributed by atoms with van der Waals surface area (Å²) in [5.74, 6) is 1.15. The number of anilines is 1. The first-order valence-electron chi connectivity index (χ1n) is 12.5. The van der Waals surface area contributed by atoms with E-state index in [1.165, 1.54) is 12.1 Å². The van der Waals surface area contributed by atoms with Gasteiger partial charge < -0.3 is 35.3 Å². The molecule has 0 fully saturated rings. The van der Waals surface area contributed by atoms with E-state index >= 15 is 0 Å². The Kier molecular flexibility index (Phi) is 9.44. The molecule has 198 valence electrons. The van der Waals surface area contributed by atoms with E-state index in [1.54, 1.807) is 6.07 Å². The van der Waals surface area contributed by atoms with Crippen LogP contribution in [0.5, 0.6) is 17.2 Å². The maximum Gasteiger partial charge on any atom is 0.178 e. The van der Waals surface area contributed by atoms with Crippen molar-refractivity contribution < 1.29 is 24.3 Å². The van der Waals surface area contributed by atoms with Crippen molar-refractivity contribution in [3.8, 4) is 17.2 Å². The Hall–Kier alpha value is -3.77. The molecule has 0 heterocycles. The van der Waals surface area contributed by atoms with Crippen molar-refractivity contribution >= 4 is 23.4 Å². The van der Waals surface area contributed by atoms with E-state index in [2.05, 4.69) is 5.32 Å². The predicted octanol–water partition coefficient (Wildman–Crippen LogP) is 3.90. The Morgan fingerprint density at radius 2 is 1.42 bits per heavy atom. The lowest BCUT2D eigenvalue weighted by Crippen LogP contribution is -2.32. The van der Waals surface area contributed by atoms with Gasteiger partial charge in [-0.3, -0.25) is 0 Å². The number of nitrogens with two attached hydrogens (primary N) is 1. The van der Waals surface area contributed by atoms with Gasteiger partial charge in [0.2, 0.25) is 0 Å². The first-order chi connectivity index (χ1) is 18.4. The molecule has 0 saturated heterocycles. The number of aliphatic hydroxyl groups excluding tert-OH is 1. The Morgan fingerprint density at radius 3 is 2.03 bits per heavy atom. The number of nitrogen functional groups attached to an aromatic ring is 1. The number of ether oxygens (including phenoxy) is 2. The molecule has 38 heavy (non-hydrogen) atoms. The van der Waals surface area contributed by atoms with Gasteiger partial charge in [0.25, 0.3) is 0 Å². The quantitative estimate of drug-likeness (QED) is 0.0894. The smallest absolute Gasteiger partial charge is 0.178 e. The third-order valence-electron chi connectivity index (χ3n) is 6.09. The van der Waals surface area contributed by atoms with Gasteiger partial charge >= 0.3 is 0 Å². The minimum absolute atomic E-state index is 0.00136. The van der Waals surface area contributed by atoms with E-state index in [0.29, 0.717) is 24.6 Å². The van der Waals surface area contributed by atoms with E-state index in [0.717, 1.165) is 22.6 Å². The Labute approximate surface area is 223 Å². The lowest BCUT2D eigenvalue weighted by Gasteiger charge is -2.20. The summed E-state index contributed by atoms with van der Waals surface area (Å²) >= 11 is 0. The van der Waals surface area contributed by atoms with Crippen molar-refractivity contribution in [1.82, 2.24) is 5.32 Å². The fraction of sp³-hybridized carbons (Fsp3) is 0.200. The van der Waals surface area contributed by atoms with Crippen LogP contribution in [0.4, 0.5) is 5.69 Å². The van der Waals surface area contributed by atoms with Crippen LogP contribution in [-0.2, 0) is 11.0 Å². The number of nitrogens with one attached hydrogen (secondary N) is 1. The molecule has 5 N–H and O–H groups in total. The van der Waals surface area contributed by atoms with Crippen molar-refractivity contribution in [2.45, 2.75) is 12.5 Å². The molecule has 0 amide bonds. The summed E-state index contributed by atoms with van der Waals surface area (Å²) in [6, 6.07) is 31.3. The molecule has 0 aromatic heterocycles. The molecule has 1 atom stereocenters. The number of hydrogen-bond acceptors (Lipinski definition) is 7. The molecule has 4 rings (SSSR count). The number of aliphatic hydroxyl groups is 1. The second kappa shape index (κ2) is 13.2. The number of phenolic OH excluding ortho intramolecular Hbond substituents is 1. The summed E-state index contributed by atoms with van der Waals surface area (Å²) < 4.78 is 25.6. The third kappa shape index (κ3) is 7.39. The fourth-order valence-electron chi connectivity index (χ4n) is 3.93. The van der Waals surface area contributed by atoms with Crippen LogP contribution in [0.1, 0.15) is 5.56 Å². The van der Waals surface area contributed by atoms with Gasteiger partial charge in [-0.25, -0.2) is 0 Å². The molecule has 0 aliphatic heterocycles. The molecule has 4 aromatic rings. The SMILES string of the molecule is Nc1cc(OC[C@@H](O)CNCCc2ccc(OCP(=O)(c3ccccc3)c3ccccc3)cc2)ccc1O. The van der Waals surface area contributed by atoms with Gasteiger partial charge in [0.15, 0.2) is 7.14 Å². The normalized spacial score (nSPS) is 12.1. The average molecular weight is 533 g/mol. The molecule has 0 unspecified atom stereocenters. The highest BCUT2D eigenvalue weighted by Crippen LogP contribution is 2.43. The summed E-state index contributed by atoms with van der Waals surface area (Å²) in [5.41, 5.74) is 6.99. The average Bonchev–Trinajstić information content (AvgIpc) is 2.96. The van der Waals surface area contributed by atoms with E-state index in [-0.39, 0.29) is 24.4 Å². The molecule has 4 aromatic carbocycles. The first-order valence-corrected chi connectivity index (χ1v) is 14.4. The van der Waals surface area contributed by atoms with Crippen molar-refractivity contribution in [3.05, 3.63) is 109 Å². The van der Waals surface area contributed by atoms with Gasteiger partial charge in [-0.15, -0.1) is 0 Å². The Bertz CT molecular complexity index is 1290. The van der Waals surface area contributed by atoms with E-state index in [1.807, 2.05) is 84.9 Å². The summed E-state index contributed by atoms with van der Waals surface area (Å²) in [5, 5.41) is 24.4. The highest BCUT2D eigenvalue weighted by atomic mass is 31.2. The van der Waals surface area contributed by atoms with Crippen LogP contribution >= 0.6 is 7.14 Å². The second-order valence-electron chi connectivity index (χ2n) is 8.97. The maximum atomic E-state index is 14.1. The lowest BCUT2D eigenvalue weighted by molar-refractivity contribution is 0.106. The zero-order valence-electron chi connectivity index (χ0n) is 21.1. The zero-order valence-corrected chi connectivity index (χ0v) is 22.0. The third-order valence-corrected chi connectivity index (χ3v) is 8.85. The van der Waals surface area contributed by atoms with Gasteiger partial charge in [0, 0.05) is 23.2 Å². The Morgan fingerprint density at radius 1 is 0.816 bits per heavy atom. The molecule has 0 bridgehead atoms. The highest BCUT2D eigenvalue weighted by molar-refractivity contribution is 7.78.